The summed E-state index contributed by atoms with van der Waals surface area (Å²) in [5.41, 5.74) is 2.41. The van der Waals surface area contributed by atoms with Gasteiger partial charge >= 0.3 is 17.9 Å². The number of halogens is 1. The number of carbonyl (C=O) groups excluding carboxylic acids is 3. The normalized spacial score (nSPS) is 11.6. The molecule has 7 nitrogen and oxygen atoms in total. The molecule has 0 bridgehead atoms. The lowest BCUT2D eigenvalue weighted by Crippen LogP contribution is -2.29. The Morgan fingerprint density at radius 1 is 0.674 bits per heavy atom. The van der Waals surface area contributed by atoms with Gasteiger partial charge in [-0.25, -0.2) is 14.4 Å². The van der Waals surface area contributed by atoms with E-state index in [-0.39, 0.29) is 22.4 Å². The minimum absolute atomic E-state index is 0.0522. The number of hydrogen-bond donors (Lipinski definition) is 0. The molecule has 0 aliphatic carbocycles. The first kappa shape index (κ1) is 36.6. The van der Waals surface area contributed by atoms with Crippen molar-refractivity contribution >= 4 is 29.5 Å². The van der Waals surface area contributed by atoms with E-state index in [1.54, 1.807) is 12.1 Å². The van der Waals surface area contributed by atoms with Gasteiger partial charge in [-0.3, -0.25) is 0 Å². The summed E-state index contributed by atoms with van der Waals surface area (Å²) >= 11 is 6.32. The summed E-state index contributed by atoms with van der Waals surface area (Å²) in [4.78, 5) is 37.6. The Hall–Kier alpha value is -3.84. The Labute approximate surface area is 278 Å². The van der Waals surface area contributed by atoms with E-state index in [1.807, 2.05) is 50.2 Å². The minimum Gasteiger partial charge on any atom is -0.494 e. The van der Waals surface area contributed by atoms with Crippen LogP contribution in [-0.4, -0.2) is 36.7 Å². The molecule has 0 fully saturated rings. The second kappa shape index (κ2) is 19.6. The van der Waals surface area contributed by atoms with Gasteiger partial charge in [0.2, 0.25) is 0 Å². The quantitative estimate of drug-likeness (QED) is 0.0724. The van der Waals surface area contributed by atoms with E-state index >= 15 is 0 Å². The molecule has 3 aromatic rings. The molecule has 0 saturated carbocycles. The van der Waals surface area contributed by atoms with Gasteiger partial charge in [-0.1, -0.05) is 102 Å². The number of carbonyl (C=O) groups is 3. The summed E-state index contributed by atoms with van der Waals surface area (Å²) < 4.78 is 22.0. The van der Waals surface area contributed by atoms with Crippen molar-refractivity contribution in [2.45, 2.75) is 104 Å². The van der Waals surface area contributed by atoms with Crippen LogP contribution in [0.3, 0.4) is 0 Å². The molecule has 0 radical (unpaired) electrons. The van der Waals surface area contributed by atoms with Crippen molar-refractivity contribution in [3.63, 3.8) is 0 Å². The van der Waals surface area contributed by atoms with Crippen LogP contribution in [-0.2, 0) is 14.3 Å². The Morgan fingerprint density at radius 2 is 1.24 bits per heavy atom. The topological polar surface area (TPSA) is 88.1 Å². The number of esters is 3. The van der Waals surface area contributed by atoms with Gasteiger partial charge in [0.15, 0.2) is 6.10 Å². The van der Waals surface area contributed by atoms with Crippen LogP contribution in [0.1, 0.15) is 113 Å². The maximum atomic E-state index is 12.8. The summed E-state index contributed by atoms with van der Waals surface area (Å²) in [5.74, 6) is -1.01. The fourth-order valence-electron chi connectivity index (χ4n) is 4.83. The lowest BCUT2D eigenvalue weighted by molar-refractivity contribution is -0.158. The molecule has 3 rings (SSSR count). The van der Waals surface area contributed by atoms with E-state index in [0.717, 1.165) is 29.9 Å². The van der Waals surface area contributed by atoms with Gasteiger partial charge in [0.05, 0.1) is 22.8 Å². The summed E-state index contributed by atoms with van der Waals surface area (Å²) in [5, 5.41) is 0.0522. The zero-order chi connectivity index (χ0) is 33.3. The molecule has 0 saturated heterocycles. The summed E-state index contributed by atoms with van der Waals surface area (Å²) in [7, 11) is 0. The summed E-state index contributed by atoms with van der Waals surface area (Å²) in [6, 6.07) is 19.2. The Balaban J connectivity index is 1.47. The largest absolute Gasteiger partial charge is 0.494 e. The third-order valence-corrected chi connectivity index (χ3v) is 8.05. The van der Waals surface area contributed by atoms with Crippen molar-refractivity contribution in [3.8, 4) is 22.6 Å². The number of hydrogen-bond acceptors (Lipinski definition) is 7. The fraction of sp³-hybridized carbons (Fsp3) is 0.447. The zero-order valence-electron chi connectivity index (χ0n) is 27.5. The van der Waals surface area contributed by atoms with Crippen LogP contribution in [0.15, 0.2) is 66.7 Å². The van der Waals surface area contributed by atoms with E-state index in [1.165, 1.54) is 70.1 Å². The van der Waals surface area contributed by atoms with Crippen LogP contribution in [0.4, 0.5) is 0 Å². The third-order valence-electron chi connectivity index (χ3n) is 7.75. The van der Waals surface area contributed by atoms with Crippen molar-refractivity contribution in [3.05, 3.63) is 82.9 Å². The van der Waals surface area contributed by atoms with Gasteiger partial charge in [0.25, 0.3) is 0 Å². The molecule has 0 aliphatic rings. The highest BCUT2D eigenvalue weighted by atomic mass is 35.5. The summed E-state index contributed by atoms with van der Waals surface area (Å²) in [6.07, 6.45) is 10.2. The second-order valence-corrected chi connectivity index (χ2v) is 11.8. The lowest BCUT2D eigenvalue weighted by atomic mass is 10.0. The molecule has 0 heterocycles. The van der Waals surface area contributed by atoms with Gasteiger partial charge in [-0.05, 0) is 79.8 Å². The number of ether oxygens (including phenoxy) is 4. The van der Waals surface area contributed by atoms with E-state index < -0.39 is 24.0 Å². The molecule has 46 heavy (non-hydrogen) atoms. The van der Waals surface area contributed by atoms with Crippen molar-refractivity contribution in [2.75, 3.05) is 6.61 Å². The Kier molecular flexibility index (Phi) is 15.6. The van der Waals surface area contributed by atoms with Crippen LogP contribution < -0.4 is 9.47 Å². The molecule has 3 aromatic carbocycles. The Morgan fingerprint density at radius 3 is 1.83 bits per heavy atom. The standard InChI is InChI=1S/C38H47ClO7/c1-5-8-9-10-11-12-13-14-25-43-33-22-19-29(20-23-33)28-15-17-30(18-16-28)37(41)46-35-24-21-31(26-34(35)39)38(42)44-27(4)36(40)45-32(6-2)7-3/h15-24,26-27,32H,5-14,25H2,1-4H3. The maximum absolute atomic E-state index is 12.8. The second-order valence-electron chi connectivity index (χ2n) is 11.4. The first-order valence-corrected chi connectivity index (χ1v) is 16.9. The monoisotopic (exact) mass is 650 g/mol. The molecular formula is C38H47ClO7. The average Bonchev–Trinajstić information content (AvgIpc) is 3.07. The molecule has 0 spiro atoms. The van der Waals surface area contributed by atoms with Crippen LogP contribution >= 0.6 is 11.6 Å². The van der Waals surface area contributed by atoms with Crippen molar-refractivity contribution in [1.82, 2.24) is 0 Å². The van der Waals surface area contributed by atoms with Crippen LogP contribution in [0.5, 0.6) is 11.5 Å². The molecule has 0 aromatic heterocycles. The molecule has 8 heteroatoms. The van der Waals surface area contributed by atoms with E-state index in [0.29, 0.717) is 18.4 Å². The van der Waals surface area contributed by atoms with Gasteiger partial charge < -0.3 is 18.9 Å². The highest BCUT2D eigenvalue weighted by Crippen LogP contribution is 2.28. The zero-order valence-corrected chi connectivity index (χ0v) is 28.3. The number of rotatable bonds is 19. The maximum Gasteiger partial charge on any atom is 0.347 e. The molecular weight excluding hydrogens is 604 g/mol. The van der Waals surface area contributed by atoms with E-state index in [4.69, 9.17) is 30.5 Å². The van der Waals surface area contributed by atoms with E-state index in [9.17, 15) is 14.4 Å². The summed E-state index contributed by atoms with van der Waals surface area (Å²) in [6.45, 7) is 8.24. The van der Waals surface area contributed by atoms with Crippen LogP contribution in [0.25, 0.3) is 11.1 Å². The number of benzene rings is 3. The number of unbranched alkanes of at least 4 members (excludes halogenated alkanes) is 7. The predicted octanol–water partition coefficient (Wildman–Crippen LogP) is 10.0. The van der Waals surface area contributed by atoms with Gasteiger partial charge in [-0.15, -0.1) is 0 Å². The molecule has 0 aliphatic heterocycles. The molecule has 1 unspecified atom stereocenters. The third kappa shape index (κ3) is 11.8. The van der Waals surface area contributed by atoms with E-state index in [2.05, 4.69) is 6.92 Å². The molecule has 0 amide bonds. The van der Waals surface area contributed by atoms with Crippen molar-refractivity contribution in [1.29, 1.82) is 0 Å². The highest BCUT2D eigenvalue weighted by Gasteiger charge is 2.23. The minimum atomic E-state index is -1.08. The molecule has 1 atom stereocenters. The fourth-order valence-corrected chi connectivity index (χ4v) is 5.05. The van der Waals surface area contributed by atoms with Crippen molar-refractivity contribution in [2.24, 2.45) is 0 Å². The first-order valence-electron chi connectivity index (χ1n) is 16.5. The van der Waals surface area contributed by atoms with Gasteiger partial charge in [0, 0.05) is 0 Å². The Bertz CT molecular complexity index is 1380. The average molecular weight is 651 g/mol. The van der Waals surface area contributed by atoms with Crippen LogP contribution in [0, 0.1) is 0 Å². The smallest absolute Gasteiger partial charge is 0.347 e. The SMILES string of the molecule is CCCCCCCCCCOc1ccc(-c2ccc(C(=O)Oc3ccc(C(=O)OC(C)C(=O)OC(CC)CC)cc3Cl)cc2)cc1. The molecule has 0 N–H and O–H groups in total. The van der Waals surface area contributed by atoms with Gasteiger partial charge in [-0.2, -0.15) is 0 Å². The first-order chi connectivity index (χ1) is 22.2. The molecule has 248 valence electrons. The predicted molar refractivity (Wildman–Crippen MR) is 182 cm³/mol. The van der Waals surface area contributed by atoms with Crippen molar-refractivity contribution < 1.29 is 33.3 Å². The van der Waals surface area contributed by atoms with Gasteiger partial charge in [0.1, 0.15) is 17.6 Å². The van der Waals surface area contributed by atoms with Crippen LogP contribution in [0.2, 0.25) is 5.02 Å². The lowest BCUT2D eigenvalue weighted by Gasteiger charge is -2.18. The highest BCUT2D eigenvalue weighted by molar-refractivity contribution is 6.32.